The van der Waals surface area contributed by atoms with Crippen LogP contribution in [0.1, 0.15) is 11.7 Å². The van der Waals surface area contributed by atoms with E-state index >= 15 is 0 Å². The Morgan fingerprint density at radius 3 is 2.96 bits per heavy atom. The van der Waals surface area contributed by atoms with Crippen LogP contribution in [0.5, 0.6) is 5.75 Å². The van der Waals surface area contributed by atoms with E-state index in [1.165, 1.54) is 12.1 Å². The highest BCUT2D eigenvalue weighted by Gasteiger charge is 2.27. The highest BCUT2D eigenvalue weighted by molar-refractivity contribution is 6.31. The summed E-state index contributed by atoms with van der Waals surface area (Å²) >= 11 is 6.16. The van der Waals surface area contributed by atoms with Crippen LogP contribution in [0.4, 0.5) is 10.4 Å². The summed E-state index contributed by atoms with van der Waals surface area (Å²) in [5.74, 6) is 0.361. The van der Waals surface area contributed by atoms with Crippen molar-refractivity contribution in [1.29, 1.82) is 0 Å². The molecule has 0 amide bonds. The maximum absolute atomic E-state index is 13.3. The summed E-state index contributed by atoms with van der Waals surface area (Å²) in [5, 5.41) is 0.356. The van der Waals surface area contributed by atoms with Crippen LogP contribution in [0.15, 0.2) is 40.8 Å². The Morgan fingerprint density at radius 1 is 1.28 bits per heavy atom. The van der Waals surface area contributed by atoms with Crippen molar-refractivity contribution in [2.45, 2.75) is 6.10 Å². The molecule has 2 heterocycles. The van der Waals surface area contributed by atoms with Gasteiger partial charge in [-0.2, -0.15) is 4.98 Å². The molecule has 1 unspecified atom stereocenters. The van der Waals surface area contributed by atoms with Gasteiger partial charge in [0.1, 0.15) is 23.2 Å². The molecule has 0 saturated carbocycles. The summed E-state index contributed by atoms with van der Waals surface area (Å²) in [4.78, 5) is 6.54. The molecule has 0 bridgehead atoms. The number of morpholine rings is 1. The molecule has 1 saturated heterocycles. The number of nitrogens with zero attached hydrogens (tertiary/aromatic N) is 2. The minimum atomic E-state index is -0.366. The molecule has 1 atom stereocenters. The lowest BCUT2D eigenvalue weighted by Gasteiger charge is -2.32. The van der Waals surface area contributed by atoms with Gasteiger partial charge in [-0.3, -0.25) is 0 Å². The molecule has 0 aliphatic carbocycles. The SMILES string of the molecule is COc1ccc2oc(N3CCOC(c4ccc(F)cc4Cl)C3)nc2c1. The summed E-state index contributed by atoms with van der Waals surface area (Å²) in [5.41, 5.74) is 2.18. The van der Waals surface area contributed by atoms with E-state index in [1.807, 2.05) is 23.1 Å². The van der Waals surface area contributed by atoms with Crippen molar-refractivity contribution in [3.63, 3.8) is 0 Å². The second-order valence-electron chi connectivity index (χ2n) is 5.80. The molecule has 1 aliphatic heterocycles. The molecule has 1 aliphatic rings. The zero-order valence-corrected chi connectivity index (χ0v) is 14.3. The quantitative estimate of drug-likeness (QED) is 0.698. The van der Waals surface area contributed by atoms with Crippen molar-refractivity contribution in [3.8, 4) is 5.75 Å². The fourth-order valence-electron chi connectivity index (χ4n) is 2.93. The van der Waals surface area contributed by atoms with Gasteiger partial charge in [0, 0.05) is 23.2 Å². The second kappa shape index (κ2) is 6.54. The van der Waals surface area contributed by atoms with Gasteiger partial charge in [0.25, 0.3) is 6.01 Å². The normalized spacial score (nSPS) is 17.9. The first kappa shape index (κ1) is 16.2. The van der Waals surface area contributed by atoms with Gasteiger partial charge in [-0.1, -0.05) is 17.7 Å². The van der Waals surface area contributed by atoms with Crippen LogP contribution in [0, 0.1) is 5.82 Å². The summed E-state index contributed by atoms with van der Waals surface area (Å²) in [6, 6.07) is 10.4. The Kier molecular flexibility index (Phi) is 4.23. The van der Waals surface area contributed by atoms with Crippen molar-refractivity contribution in [2.75, 3.05) is 31.7 Å². The lowest BCUT2D eigenvalue weighted by atomic mass is 10.1. The highest BCUT2D eigenvalue weighted by Crippen LogP contribution is 2.32. The molecule has 5 nitrogen and oxygen atoms in total. The number of halogens is 2. The molecular weight excluding hydrogens is 347 g/mol. The lowest BCUT2D eigenvalue weighted by Crippen LogP contribution is -2.38. The number of ether oxygens (including phenoxy) is 2. The van der Waals surface area contributed by atoms with Crippen molar-refractivity contribution in [1.82, 2.24) is 4.98 Å². The molecule has 0 N–H and O–H groups in total. The standard InChI is InChI=1S/C18H16ClFN2O3/c1-23-12-3-5-16-15(9-12)21-18(25-16)22-6-7-24-17(10-22)13-4-2-11(20)8-14(13)19/h2-5,8-9,17H,6-7,10H2,1H3. The number of aromatic nitrogens is 1. The van der Waals surface area contributed by atoms with Crippen molar-refractivity contribution >= 4 is 28.7 Å². The van der Waals surface area contributed by atoms with Crippen LogP contribution < -0.4 is 9.64 Å². The summed E-state index contributed by atoms with van der Waals surface area (Å²) in [6.07, 6.45) is -0.272. The third-order valence-corrected chi connectivity index (χ3v) is 4.56. The van der Waals surface area contributed by atoms with E-state index in [4.69, 9.17) is 25.5 Å². The van der Waals surface area contributed by atoms with Crippen LogP contribution in [0.2, 0.25) is 5.02 Å². The zero-order valence-electron chi connectivity index (χ0n) is 13.5. The number of benzene rings is 2. The van der Waals surface area contributed by atoms with E-state index in [1.54, 1.807) is 13.2 Å². The van der Waals surface area contributed by atoms with Crippen LogP contribution in [-0.2, 0) is 4.74 Å². The number of rotatable bonds is 3. The summed E-state index contributed by atoms with van der Waals surface area (Å²) in [6.45, 7) is 1.68. The number of oxazole rings is 1. The van der Waals surface area contributed by atoms with Crippen LogP contribution in [0.25, 0.3) is 11.1 Å². The van der Waals surface area contributed by atoms with E-state index in [0.29, 0.717) is 36.3 Å². The van der Waals surface area contributed by atoms with Crippen molar-refractivity contribution < 1.29 is 18.3 Å². The Balaban J connectivity index is 1.60. The topological polar surface area (TPSA) is 47.7 Å². The smallest absolute Gasteiger partial charge is 0.298 e. The fraction of sp³-hybridized carbons (Fsp3) is 0.278. The molecule has 2 aromatic carbocycles. The van der Waals surface area contributed by atoms with Gasteiger partial charge >= 0.3 is 0 Å². The first-order valence-electron chi connectivity index (χ1n) is 7.90. The maximum Gasteiger partial charge on any atom is 0.298 e. The molecule has 1 fully saturated rings. The van der Waals surface area contributed by atoms with Crippen LogP contribution in [0.3, 0.4) is 0 Å². The zero-order chi connectivity index (χ0) is 17.4. The predicted octanol–water partition coefficient (Wildman–Crippen LogP) is 4.21. The van der Waals surface area contributed by atoms with Crippen molar-refractivity contribution in [2.24, 2.45) is 0 Å². The Bertz CT molecular complexity index is 914. The molecule has 7 heteroatoms. The van der Waals surface area contributed by atoms with E-state index in [-0.39, 0.29) is 11.9 Å². The molecule has 130 valence electrons. The van der Waals surface area contributed by atoms with Gasteiger partial charge in [0.15, 0.2) is 5.58 Å². The Hall–Kier alpha value is -2.31. The van der Waals surface area contributed by atoms with Gasteiger partial charge in [0.05, 0.1) is 20.3 Å². The first-order chi connectivity index (χ1) is 12.1. The summed E-state index contributed by atoms with van der Waals surface area (Å²) < 4.78 is 30.1. The highest BCUT2D eigenvalue weighted by atomic mass is 35.5. The lowest BCUT2D eigenvalue weighted by molar-refractivity contribution is 0.0381. The fourth-order valence-corrected chi connectivity index (χ4v) is 3.22. The third kappa shape index (κ3) is 3.15. The van der Waals surface area contributed by atoms with E-state index in [9.17, 15) is 4.39 Å². The number of fused-ring (bicyclic) bond motifs is 1. The minimum absolute atomic E-state index is 0.272. The van der Waals surface area contributed by atoms with E-state index in [0.717, 1.165) is 16.8 Å². The molecule has 25 heavy (non-hydrogen) atoms. The Morgan fingerprint density at radius 2 is 2.16 bits per heavy atom. The Labute approximate surface area is 148 Å². The van der Waals surface area contributed by atoms with Gasteiger partial charge in [-0.15, -0.1) is 0 Å². The van der Waals surface area contributed by atoms with Crippen LogP contribution >= 0.6 is 11.6 Å². The molecule has 0 spiro atoms. The van der Waals surface area contributed by atoms with Gasteiger partial charge < -0.3 is 18.8 Å². The molecule has 1 aromatic heterocycles. The van der Waals surface area contributed by atoms with E-state index < -0.39 is 0 Å². The first-order valence-corrected chi connectivity index (χ1v) is 8.28. The number of anilines is 1. The van der Waals surface area contributed by atoms with Gasteiger partial charge in [0.2, 0.25) is 0 Å². The van der Waals surface area contributed by atoms with Gasteiger partial charge in [-0.25, -0.2) is 4.39 Å². The average molecular weight is 363 g/mol. The second-order valence-corrected chi connectivity index (χ2v) is 6.21. The molecule has 3 aromatic rings. The monoisotopic (exact) mass is 362 g/mol. The number of hydrogen-bond acceptors (Lipinski definition) is 5. The van der Waals surface area contributed by atoms with Crippen molar-refractivity contribution in [3.05, 3.63) is 52.8 Å². The summed E-state index contributed by atoms with van der Waals surface area (Å²) in [7, 11) is 1.61. The molecule has 4 rings (SSSR count). The third-order valence-electron chi connectivity index (χ3n) is 4.23. The maximum atomic E-state index is 13.3. The predicted molar refractivity (Wildman–Crippen MR) is 92.9 cm³/mol. The molecular formula is C18H16ClFN2O3. The number of methoxy groups -OCH3 is 1. The van der Waals surface area contributed by atoms with Crippen LogP contribution in [-0.4, -0.2) is 31.8 Å². The van der Waals surface area contributed by atoms with Gasteiger partial charge in [-0.05, 0) is 24.3 Å². The molecule has 0 radical (unpaired) electrons. The van der Waals surface area contributed by atoms with E-state index in [2.05, 4.69) is 4.98 Å². The minimum Gasteiger partial charge on any atom is -0.497 e. The largest absolute Gasteiger partial charge is 0.497 e. The average Bonchev–Trinajstić information content (AvgIpc) is 3.05. The number of hydrogen-bond donors (Lipinski definition) is 0.